The molecule has 2 nitrogen and oxygen atoms in total. The lowest BCUT2D eigenvalue weighted by Gasteiger charge is -2.07. The smallest absolute Gasteiger partial charge is 0.0965 e. The van der Waals surface area contributed by atoms with Crippen molar-refractivity contribution in [1.29, 1.82) is 0 Å². The number of nitrogens with zero attached hydrogens (tertiary/aromatic N) is 2. The van der Waals surface area contributed by atoms with E-state index >= 15 is 0 Å². The normalized spacial score (nSPS) is 11.1. The van der Waals surface area contributed by atoms with Crippen molar-refractivity contribution in [3.05, 3.63) is 97.2 Å². The molecule has 0 amide bonds. The summed E-state index contributed by atoms with van der Waals surface area (Å²) < 4.78 is 0. The van der Waals surface area contributed by atoms with Crippen LogP contribution in [0.3, 0.4) is 0 Å². The maximum absolute atomic E-state index is 4.84. The van der Waals surface area contributed by atoms with Crippen LogP contribution in [0.2, 0.25) is 0 Å². The van der Waals surface area contributed by atoms with Gasteiger partial charge in [-0.15, -0.1) is 0 Å². The molecule has 0 fully saturated rings. The van der Waals surface area contributed by atoms with E-state index in [-0.39, 0.29) is 0 Å². The largest absolute Gasteiger partial charge is 0.252 e. The second-order valence-corrected chi connectivity index (χ2v) is 6.35. The zero-order valence-electron chi connectivity index (χ0n) is 14.1. The van der Waals surface area contributed by atoms with E-state index in [1.54, 1.807) is 0 Å². The van der Waals surface area contributed by atoms with Gasteiger partial charge in [0.05, 0.1) is 22.9 Å². The van der Waals surface area contributed by atoms with E-state index in [4.69, 9.17) is 9.97 Å². The molecule has 122 valence electrons. The minimum Gasteiger partial charge on any atom is -0.252 e. The molecule has 0 N–H and O–H groups in total. The standard InChI is InChI=1S/C24H16N2/c1-2-6-17(7-3-1)18-10-12-20(13-11-18)23-16-25-24-21-9-5-4-8-19(21)14-15-22(24)26-23/h1-16H. The third-order valence-corrected chi connectivity index (χ3v) is 4.72. The number of hydrogen-bond donors (Lipinski definition) is 0. The molecule has 0 aliphatic heterocycles. The molecular formula is C24H16N2. The average molecular weight is 332 g/mol. The van der Waals surface area contributed by atoms with Crippen LogP contribution in [0, 0.1) is 0 Å². The van der Waals surface area contributed by atoms with Gasteiger partial charge in [-0.3, -0.25) is 4.98 Å². The molecule has 5 aromatic rings. The average Bonchev–Trinajstić information content (AvgIpc) is 2.74. The lowest BCUT2D eigenvalue weighted by molar-refractivity contribution is 1.30. The number of hydrogen-bond acceptors (Lipinski definition) is 2. The summed E-state index contributed by atoms with van der Waals surface area (Å²) in [5.74, 6) is 0. The second-order valence-electron chi connectivity index (χ2n) is 6.35. The molecule has 0 saturated heterocycles. The second kappa shape index (κ2) is 6.08. The Labute approximate surface area is 151 Å². The summed E-state index contributed by atoms with van der Waals surface area (Å²) in [5, 5.41) is 2.33. The van der Waals surface area contributed by atoms with Crippen molar-refractivity contribution in [2.45, 2.75) is 0 Å². The van der Waals surface area contributed by atoms with Crippen molar-refractivity contribution >= 4 is 21.8 Å². The molecule has 0 radical (unpaired) electrons. The summed E-state index contributed by atoms with van der Waals surface area (Å²) in [6.07, 6.45) is 1.87. The minimum atomic E-state index is 0.896. The predicted octanol–water partition coefficient (Wildman–Crippen LogP) is 6.12. The molecule has 0 atom stereocenters. The van der Waals surface area contributed by atoms with E-state index in [9.17, 15) is 0 Å². The van der Waals surface area contributed by atoms with Crippen molar-refractivity contribution in [3.8, 4) is 22.4 Å². The molecule has 0 saturated carbocycles. The quantitative estimate of drug-likeness (QED) is 0.364. The summed E-state index contributed by atoms with van der Waals surface area (Å²) >= 11 is 0. The van der Waals surface area contributed by atoms with Crippen LogP contribution in [0.5, 0.6) is 0 Å². The Morgan fingerprint density at radius 2 is 1.23 bits per heavy atom. The van der Waals surface area contributed by atoms with Crippen LogP contribution in [0.1, 0.15) is 0 Å². The summed E-state index contributed by atoms with van der Waals surface area (Å²) in [5.41, 5.74) is 6.27. The highest BCUT2D eigenvalue weighted by Crippen LogP contribution is 2.27. The summed E-state index contributed by atoms with van der Waals surface area (Å²) in [6, 6.07) is 31.3. The molecule has 1 heterocycles. The molecule has 26 heavy (non-hydrogen) atoms. The van der Waals surface area contributed by atoms with Crippen molar-refractivity contribution < 1.29 is 0 Å². The van der Waals surface area contributed by atoms with Gasteiger partial charge in [0.2, 0.25) is 0 Å². The zero-order valence-corrected chi connectivity index (χ0v) is 14.1. The highest BCUT2D eigenvalue weighted by Gasteiger charge is 2.06. The van der Waals surface area contributed by atoms with Crippen molar-refractivity contribution in [1.82, 2.24) is 9.97 Å². The van der Waals surface area contributed by atoms with Gasteiger partial charge in [-0.2, -0.15) is 0 Å². The van der Waals surface area contributed by atoms with Crippen molar-refractivity contribution in [2.75, 3.05) is 0 Å². The zero-order chi connectivity index (χ0) is 17.3. The first-order valence-corrected chi connectivity index (χ1v) is 8.69. The first-order valence-electron chi connectivity index (χ1n) is 8.69. The Hall–Kier alpha value is -3.52. The number of fused-ring (bicyclic) bond motifs is 3. The molecule has 0 unspecified atom stereocenters. The lowest BCUT2D eigenvalue weighted by atomic mass is 10.0. The van der Waals surface area contributed by atoms with Gasteiger partial charge in [-0.05, 0) is 22.6 Å². The van der Waals surface area contributed by atoms with Crippen LogP contribution in [0.25, 0.3) is 44.2 Å². The monoisotopic (exact) mass is 332 g/mol. The molecule has 1 aromatic heterocycles. The first-order chi connectivity index (χ1) is 12.9. The van der Waals surface area contributed by atoms with Crippen molar-refractivity contribution in [2.24, 2.45) is 0 Å². The van der Waals surface area contributed by atoms with E-state index in [2.05, 4.69) is 66.7 Å². The van der Waals surface area contributed by atoms with Crippen molar-refractivity contribution in [3.63, 3.8) is 0 Å². The lowest BCUT2D eigenvalue weighted by Crippen LogP contribution is -1.90. The summed E-state index contributed by atoms with van der Waals surface area (Å²) in [6.45, 7) is 0. The Balaban J connectivity index is 1.57. The maximum Gasteiger partial charge on any atom is 0.0965 e. The van der Waals surface area contributed by atoms with Crippen LogP contribution in [-0.2, 0) is 0 Å². The van der Waals surface area contributed by atoms with Gasteiger partial charge in [0.1, 0.15) is 0 Å². The SMILES string of the molecule is c1ccc(-c2ccc(-c3cnc4c(ccc5ccccc54)n3)cc2)cc1. The van der Waals surface area contributed by atoms with Crippen LogP contribution in [0.4, 0.5) is 0 Å². The topological polar surface area (TPSA) is 25.8 Å². The third-order valence-electron chi connectivity index (χ3n) is 4.72. The van der Waals surface area contributed by atoms with E-state index in [1.165, 1.54) is 16.5 Å². The molecule has 0 aliphatic carbocycles. The van der Waals surface area contributed by atoms with Gasteiger partial charge in [-0.25, -0.2) is 4.98 Å². The Kier molecular flexibility index (Phi) is 3.46. The van der Waals surface area contributed by atoms with Crippen LogP contribution < -0.4 is 0 Å². The van der Waals surface area contributed by atoms with Crippen LogP contribution >= 0.6 is 0 Å². The van der Waals surface area contributed by atoms with E-state index in [0.29, 0.717) is 0 Å². The molecular weight excluding hydrogens is 316 g/mol. The molecule has 4 aromatic carbocycles. The predicted molar refractivity (Wildman–Crippen MR) is 108 cm³/mol. The number of aromatic nitrogens is 2. The van der Waals surface area contributed by atoms with Gasteiger partial charge in [0.25, 0.3) is 0 Å². The Morgan fingerprint density at radius 3 is 2.08 bits per heavy atom. The fourth-order valence-electron chi connectivity index (χ4n) is 3.36. The van der Waals surface area contributed by atoms with Crippen LogP contribution in [0.15, 0.2) is 97.2 Å². The molecule has 0 spiro atoms. The van der Waals surface area contributed by atoms with E-state index in [0.717, 1.165) is 27.7 Å². The number of rotatable bonds is 2. The molecule has 0 bridgehead atoms. The van der Waals surface area contributed by atoms with Gasteiger partial charge in [0.15, 0.2) is 0 Å². The Bertz CT molecular complexity index is 1210. The molecule has 2 heteroatoms. The molecule has 0 aliphatic rings. The highest BCUT2D eigenvalue weighted by molar-refractivity contribution is 6.04. The minimum absolute atomic E-state index is 0.896. The highest BCUT2D eigenvalue weighted by atomic mass is 14.8. The van der Waals surface area contributed by atoms with Gasteiger partial charge >= 0.3 is 0 Å². The fraction of sp³-hybridized carbons (Fsp3) is 0. The summed E-state index contributed by atoms with van der Waals surface area (Å²) in [4.78, 5) is 9.54. The van der Waals surface area contributed by atoms with Gasteiger partial charge in [0, 0.05) is 10.9 Å². The number of benzene rings is 4. The van der Waals surface area contributed by atoms with Gasteiger partial charge < -0.3 is 0 Å². The maximum atomic E-state index is 4.84. The van der Waals surface area contributed by atoms with Gasteiger partial charge in [-0.1, -0.05) is 84.9 Å². The molecule has 5 rings (SSSR count). The van der Waals surface area contributed by atoms with E-state index < -0.39 is 0 Å². The summed E-state index contributed by atoms with van der Waals surface area (Å²) in [7, 11) is 0. The fourth-order valence-corrected chi connectivity index (χ4v) is 3.36. The first kappa shape index (κ1) is 14.8. The Morgan fingerprint density at radius 1 is 0.538 bits per heavy atom. The third kappa shape index (κ3) is 2.52. The van der Waals surface area contributed by atoms with Crippen LogP contribution in [-0.4, -0.2) is 9.97 Å². The van der Waals surface area contributed by atoms with E-state index in [1.807, 2.05) is 30.5 Å².